The topological polar surface area (TPSA) is 47.2 Å². The highest BCUT2D eigenvalue weighted by atomic mass is 15.3. The maximum atomic E-state index is 4.19. The summed E-state index contributed by atoms with van der Waals surface area (Å²) < 4.78 is 4.17. The van der Waals surface area contributed by atoms with Crippen LogP contribution in [0.2, 0.25) is 0 Å². The Labute approximate surface area is 111 Å². The van der Waals surface area contributed by atoms with E-state index in [-0.39, 0.29) is 0 Å². The van der Waals surface area contributed by atoms with Gasteiger partial charge < -0.3 is 9.88 Å². The van der Waals surface area contributed by atoms with Gasteiger partial charge in [-0.1, -0.05) is 6.07 Å². The summed E-state index contributed by atoms with van der Waals surface area (Å²) in [4.78, 5) is 0. The molecule has 3 aromatic heterocycles. The Kier molecular flexibility index (Phi) is 3.29. The van der Waals surface area contributed by atoms with Gasteiger partial charge in [0.05, 0.1) is 6.54 Å². The quantitative estimate of drug-likeness (QED) is 0.756. The van der Waals surface area contributed by atoms with E-state index in [0.29, 0.717) is 6.54 Å². The highest BCUT2D eigenvalue weighted by molar-refractivity contribution is 5.36. The molecule has 0 aliphatic heterocycles. The summed E-state index contributed by atoms with van der Waals surface area (Å²) in [6.07, 6.45) is 6.25. The normalized spacial score (nSPS) is 11.2. The van der Waals surface area contributed by atoms with E-state index in [4.69, 9.17) is 0 Å². The summed E-state index contributed by atoms with van der Waals surface area (Å²) in [5.74, 6) is 0.936. The summed E-state index contributed by atoms with van der Waals surface area (Å²) in [6.45, 7) is 4.70. The second-order valence-electron chi connectivity index (χ2n) is 4.50. The van der Waals surface area contributed by atoms with E-state index in [1.165, 1.54) is 5.56 Å². The number of pyridine rings is 1. The summed E-state index contributed by atoms with van der Waals surface area (Å²) >= 11 is 0. The lowest BCUT2D eigenvalue weighted by Crippen LogP contribution is -2.14. The van der Waals surface area contributed by atoms with E-state index in [1.54, 1.807) is 0 Å². The predicted molar refractivity (Wildman–Crippen MR) is 73.6 cm³/mol. The summed E-state index contributed by atoms with van der Waals surface area (Å²) in [7, 11) is 0. The molecular weight excluding hydrogens is 238 g/mol. The molecule has 0 unspecified atom stereocenters. The minimum Gasteiger partial charge on any atom is -0.354 e. The minimum atomic E-state index is 0.711. The maximum Gasteiger partial charge on any atom is 0.160 e. The molecular formula is C14H17N5. The van der Waals surface area contributed by atoms with Crippen LogP contribution in [0.4, 0.5) is 0 Å². The molecule has 98 valence electrons. The number of aryl methyl sites for hydroxylation is 1. The molecule has 19 heavy (non-hydrogen) atoms. The summed E-state index contributed by atoms with van der Waals surface area (Å²) in [5.41, 5.74) is 2.17. The summed E-state index contributed by atoms with van der Waals surface area (Å²) in [6, 6.07) is 8.05. The third kappa shape index (κ3) is 2.51. The van der Waals surface area contributed by atoms with Gasteiger partial charge in [0.2, 0.25) is 0 Å². The molecule has 3 heterocycles. The molecule has 1 N–H and O–H groups in total. The van der Waals surface area contributed by atoms with Gasteiger partial charge in [0.25, 0.3) is 0 Å². The molecule has 0 spiro atoms. The number of rotatable bonds is 5. The van der Waals surface area contributed by atoms with Crippen LogP contribution in [0.15, 0.2) is 42.9 Å². The van der Waals surface area contributed by atoms with Crippen LogP contribution in [-0.2, 0) is 19.6 Å². The second-order valence-corrected chi connectivity index (χ2v) is 4.50. The zero-order valence-electron chi connectivity index (χ0n) is 11.0. The third-order valence-corrected chi connectivity index (χ3v) is 3.17. The van der Waals surface area contributed by atoms with Gasteiger partial charge in [0, 0.05) is 31.7 Å². The van der Waals surface area contributed by atoms with Gasteiger partial charge in [-0.25, -0.2) is 0 Å². The van der Waals surface area contributed by atoms with Gasteiger partial charge in [-0.05, 0) is 30.7 Å². The van der Waals surface area contributed by atoms with Crippen molar-refractivity contribution in [3.05, 3.63) is 54.2 Å². The first kappa shape index (κ1) is 11.9. The van der Waals surface area contributed by atoms with Crippen molar-refractivity contribution in [3.63, 3.8) is 0 Å². The smallest absolute Gasteiger partial charge is 0.160 e. The first-order valence-corrected chi connectivity index (χ1v) is 6.51. The molecule has 0 atom stereocenters. The van der Waals surface area contributed by atoms with Crippen molar-refractivity contribution in [2.75, 3.05) is 0 Å². The van der Waals surface area contributed by atoms with Crippen molar-refractivity contribution in [3.8, 4) is 0 Å². The van der Waals surface area contributed by atoms with Gasteiger partial charge in [0.15, 0.2) is 11.5 Å². The number of hydrogen-bond donors (Lipinski definition) is 1. The average molecular weight is 255 g/mol. The molecule has 5 nitrogen and oxygen atoms in total. The molecule has 3 rings (SSSR count). The van der Waals surface area contributed by atoms with Crippen molar-refractivity contribution in [1.29, 1.82) is 0 Å². The van der Waals surface area contributed by atoms with Crippen LogP contribution in [0.3, 0.4) is 0 Å². The molecule has 0 aliphatic rings. The Morgan fingerprint density at radius 3 is 2.89 bits per heavy atom. The highest BCUT2D eigenvalue weighted by Crippen LogP contribution is 2.04. The van der Waals surface area contributed by atoms with Crippen molar-refractivity contribution < 1.29 is 0 Å². The van der Waals surface area contributed by atoms with Crippen LogP contribution < -0.4 is 5.32 Å². The lowest BCUT2D eigenvalue weighted by atomic mass is 10.3. The molecule has 3 aromatic rings. The van der Waals surface area contributed by atoms with Crippen molar-refractivity contribution in [2.24, 2.45) is 0 Å². The number of fused-ring (bicyclic) bond motifs is 1. The molecule has 0 aliphatic carbocycles. The largest absolute Gasteiger partial charge is 0.354 e. The third-order valence-electron chi connectivity index (χ3n) is 3.17. The van der Waals surface area contributed by atoms with E-state index in [0.717, 1.165) is 24.6 Å². The van der Waals surface area contributed by atoms with Crippen LogP contribution in [0.1, 0.15) is 18.3 Å². The van der Waals surface area contributed by atoms with Gasteiger partial charge in [-0.2, -0.15) is 0 Å². The Balaban J connectivity index is 1.63. The van der Waals surface area contributed by atoms with E-state index in [2.05, 4.69) is 45.5 Å². The fraction of sp³-hybridized carbons (Fsp3) is 0.286. The fourth-order valence-corrected chi connectivity index (χ4v) is 2.12. The van der Waals surface area contributed by atoms with Gasteiger partial charge >= 0.3 is 0 Å². The minimum absolute atomic E-state index is 0.711. The van der Waals surface area contributed by atoms with Crippen LogP contribution >= 0.6 is 0 Å². The first-order chi connectivity index (χ1) is 9.36. The molecule has 0 bridgehead atoms. The van der Waals surface area contributed by atoms with Gasteiger partial charge in [-0.3, -0.25) is 4.40 Å². The van der Waals surface area contributed by atoms with E-state index in [9.17, 15) is 0 Å². The van der Waals surface area contributed by atoms with E-state index < -0.39 is 0 Å². The SMILES string of the molecule is CCn1ccc(CNCc2nnc3ccccn23)c1. The molecule has 0 aromatic carbocycles. The van der Waals surface area contributed by atoms with Crippen molar-refractivity contribution >= 4 is 5.65 Å². The number of hydrogen-bond acceptors (Lipinski definition) is 3. The van der Waals surface area contributed by atoms with E-state index in [1.807, 2.05) is 28.8 Å². The number of nitrogens with zero attached hydrogens (tertiary/aromatic N) is 4. The Bertz CT molecular complexity index is 667. The first-order valence-electron chi connectivity index (χ1n) is 6.51. The van der Waals surface area contributed by atoms with Crippen LogP contribution in [-0.4, -0.2) is 19.2 Å². The predicted octanol–water partition coefficient (Wildman–Crippen LogP) is 1.84. The van der Waals surface area contributed by atoms with Gasteiger partial charge in [-0.15, -0.1) is 10.2 Å². The molecule has 0 saturated carbocycles. The molecule has 0 fully saturated rings. The van der Waals surface area contributed by atoms with Gasteiger partial charge in [0.1, 0.15) is 0 Å². The lowest BCUT2D eigenvalue weighted by Gasteiger charge is -2.02. The Hall–Kier alpha value is -2.14. The maximum absolute atomic E-state index is 4.19. The molecule has 0 radical (unpaired) electrons. The Morgan fingerprint density at radius 2 is 2.05 bits per heavy atom. The molecule has 5 heteroatoms. The van der Waals surface area contributed by atoms with Crippen molar-refractivity contribution in [2.45, 2.75) is 26.6 Å². The average Bonchev–Trinajstić information content (AvgIpc) is 3.06. The zero-order chi connectivity index (χ0) is 13.1. The standard InChI is InChI=1S/C14H17N5/c1-2-18-8-6-12(11-18)9-15-10-14-17-16-13-5-3-4-7-19(13)14/h3-8,11,15H,2,9-10H2,1H3. The molecule has 0 saturated heterocycles. The van der Waals surface area contributed by atoms with E-state index >= 15 is 0 Å². The monoisotopic (exact) mass is 255 g/mol. The fourth-order valence-electron chi connectivity index (χ4n) is 2.12. The van der Waals surface area contributed by atoms with Crippen molar-refractivity contribution in [1.82, 2.24) is 24.5 Å². The number of nitrogens with one attached hydrogen (secondary N) is 1. The summed E-state index contributed by atoms with van der Waals surface area (Å²) in [5, 5.41) is 11.7. The Morgan fingerprint density at radius 1 is 1.11 bits per heavy atom. The molecule has 0 amide bonds. The van der Waals surface area contributed by atoms with Crippen LogP contribution in [0.5, 0.6) is 0 Å². The lowest BCUT2D eigenvalue weighted by molar-refractivity contribution is 0.654. The zero-order valence-corrected chi connectivity index (χ0v) is 11.0. The second kappa shape index (κ2) is 5.24. The number of aromatic nitrogens is 4. The van der Waals surface area contributed by atoms with Crippen LogP contribution in [0.25, 0.3) is 5.65 Å². The van der Waals surface area contributed by atoms with Crippen LogP contribution in [0, 0.1) is 0 Å². The highest BCUT2D eigenvalue weighted by Gasteiger charge is 2.03.